The number of hydrogen-bond acceptors (Lipinski definition) is 7. The van der Waals surface area contributed by atoms with Crippen LogP contribution in [-0.4, -0.2) is 40.9 Å². The highest BCUT2D eigenvalue weighted by molar-refractivity contribution is 8.26. The monoisotopic (exact) mass is 394 g/mol. The van der Waals surface area contributed by atoms with E-state index in [1.54, 1.807) is 18.2 Å². The van der Waals surface area contributed by atoms with Gasteiger partial charge in [0.05, 0.1) is 30.6 Å². The number of carbonyl (C=O) groups is 2. The van der Waals surface area contributed by atoms with E-state index in [4.69, 9.17) is 21.7 Å². The second-order valence-corrected chi connectivity index (χ2v) is 7.66. The zero-order valence-corrected chi connectivity index (χ0v) is 16.4. The fourth-order valence-electron chi connectivity index (χ4n) is 2.18. The molecule has 1 aliphatic rings. The third-order valence-electron chi connectivity index (χ3n) is 3.30. The number of thioether (sulfide) groups is 1. The van der Waals surface area contributed by atoms with E-state index in [1.807, 2.05) is 13.0 Å². The lowest BCUT2D eigenvalue weighted by atomic mass is 10.1. The average molecular weight is 394 g/mol. The number of nitrogens with zero attached hydrogens (tertiary/aromatic N) is 1. The molecule has 0 bridgehead atoms. The smallest absolute Gasteiger partial charge is 0.266 e. The third kappa shape index (κ3) is 5.22. The summed E-state index contributed by atoms with van der Waals surface area (Å²) in [5.41, 5.74) is 0.735. The van der Waals surface area contributed by atoms with Gasteiger partial charge in [-0.15, -0.1) is 0 Å². The largest absolute Gasteiger partial charge is 0.548 e. The van der Waals surface area contributed by atoms with Crippen molar-refractivity contribution in [1.82, 2.24) is 4.90 Å². The molecule has 26 heavy (non-hydrogen) atoms. The molecule has 1 fully saturated rings. The summed E-state index contributed by atoms with van der Waals surface area (Å²) in [6.45, 7) is 6.50. The van der Waals surface area contributed by atoms with Crippen LogP contribution in [0.5, 0.6) is 11.5 Å². The first-order valence-electron chi connectivity index (χ1n) is 8.16. The van der Waals surface area contributed by atoms with Crippen molar-refractivity contribution < 1.29 is 24.2 Å². The summed E-state index contributed by atoms with van der Waals surface area (Å²) >= 11 is 6.13. The Bertz CT molecular complexity index is 745. The molecule has 1 saturated heterocycles. The zero-order chi connectivity index (χ0) is 19.3. The van der Waals surface area contributed by atoms with Crippen LogP contribution in [0.2, 0.25) is 0 Å². The Kier molecular flexibility index (Phi) is 7.05. The van der Waals surface area contributed by atoms with Crippen molar-refractivity contribution in [2.24, 2.45) is 5.92 Å². The third-order valence-corrected chi connectivity index (χ3v) is 4.68. The average Bonchev–Trinajstić information content (AvgIpc) is 2.81. The fraction of sp³-hybridized carbons (Fsp3) is 0.389. The highest BCUT2D eigenvalue weighted by atomic mass is 32.2. The molecule has 1 heterocycles. The maximum Gasteiger partial charge on any atom is 0.266 e. The molecule has 0 saturated carbocycles. The number of carboxylic acid groups (broad SMARTS) is 1. The van der Waals surface area contributed by atoms with Gasteiger partial charge in [-0.2, -0.15) is 0 Å². The summed E-state index contributed by atoms with van der Waals surface area (Å²) in [6, 6.07) is 5.38. The molecule has 1 amide bonds. The van der Waals surface area contributed by atoms with E-state index in [0.29, 0.717) is 35.5 Å². The number of carbonyl (C=O) groups excluding carboxylic acids is 2. The van der Waals surface area contributed by atoms with Gasteiger partial charge < -0.3 is 19.4 Å². The van der Waals surface area contributed by atoms with Gasteiger partial charge in [-0.3, -0.25) is 9.69 Å². The fourth-order valence-corrected chi connectivity index (χ4v) is 3.43. The Balaban J connectivity index is 2.24. The van der Waals surface area contributed by atoms with Crippen LogP contribution < -0.4 is 14.6 Å². The highest BCUT2D eigenvalue weighted by Gasteiger charge is 2.31. The van der Waals surface area contributed by atoms with Gasteiger partial charge in [-0.1, -0.05) is 43.9 Å². The number of benzene rings is 1. The summed E-state index contributed by atoms with van der Waals surface area (Å²) in [5.74, 6) is -0.182. The molecule has 0 unspecified atom stereocenters. The first-order chi connectivity index (χ1) is 12.3. The first kappa shape index (κ1) is 20.3. The van der Waals surface area contributed by atoms with Gasteiger partial charge in [0.25, 0.3) is 5.91 Å². The first-order valence-corrected chi connectivity index (χ1v) is 9.39. The molecule has 0 aliphatic carbocycles. The van der Waals surface area contributed by atoms with Crippen molar-refractivity contribution in [1.29, 1.82) is 0 Å². The maximum atomic E-state index is 12.3. The molecule has 0 spiro atoms. The lowest BCUT2D eigenvalue weighted by Gasteiger charge is -2.14. The van der Waals surface area contributed by atoms with Gasteiger partial charge in [0.2, 0.25) is 0 Å². The molecule has 140 valence electrons. The Morgan fingerprint density at radius 2 is 2.08 bits per heavy atom. The summed E-state index contributed by atoms with van der Waals surface area (Å²) in [7, 11) is 0. The van der Waals surface area contributed by atoms with Crippen LogP contribution in [0.4, 0.5) is 0 Å². The number of ether oxygens (including phenoxy) is 2. The van der Waals surface area contributed by atoms with Crippen molar-refractivity contribution in [3.8, 4) is 11.5 Å². The predicted octanol–water partition coefficient (Wildman–Crippen LogP) is 2.07. The van der Waals surface area contributed by atoms with Crippen molar-refractivity contribution in [2.45, 2.75) is 20.8 Å². The quantitative estimate of drug-likeness (QED) is 0.493. The van der Waals surface area contributed by atoms with E-state index in [-0.39, 0.29) is 4.32 Å². The zero-order valence-electron chi connectivity index (χ0n) is 14.8. The van der Waals surface area contributed by atoms with Crippen molar-refractivity contribution in [3.63, 3.8) is 0 Å². The number of aliphatic carboxylic acids is 1. The van der Waals surface area contributed by atoms with Crippen LogP contribution in [0.1, 0.15) is 26.3 Å². The van der Waals surface area contributed by atoms with Crippen molar-refractivity contribution in [2.75, 3.05) is 19.8 Å². The molecule has 0 N–H and O–H groups in total. The van der Waals surface area contributed by atoms with Gasteiger partial charge >= 0.3 is 0 Å². The molecular formula is C18H20NO5S2-. The van der Waals surface area contributed by atoms with Gasteiger partial charge in [0.1, 0.15) is 4.32 Å². The standard InChI is InChI=1S/C18H21NO5S2/c1-4-23-14-7-12(5-6-13(14)24-10-11(2)3)8-15-17(22)19(9-16(20)21)18(25)26-15/h5-8,11H,4,9-10H2,1-3H3,(H,20,21)/p-1/b15-8-. The van der Waals surface area contributed by atoms with Crippen LogP contribution in [-0.2, 0) is 9.59 Å². The Labute approximate surface area is 162 Å². The number of amides is 1. The van der Waals surface area contributed by atoms with E-state index in [0.717, 1.165) is 22.2 Å². The lowest BCUT2D eigenvalue weighted by Crippen LogP contribution is -2.40. The van der Waals surface area contributed by atoms with E-state index in [1.165, 1.54) is 0 Å². The van der Waals surface area contributed by atoms with Gasteiger partial charge in [-0.05, 0) is 36.6 Å². The summed E-state index contributed by atoms with van der Waals surface area (Å²) in [4.78, 5) is 24.4. The van der Waals surface area contributed by atoms with Crippen molar-refractivity contribution in [3.05, 3.63) is 28.7 Å². The van der Waals surface area contributed by atoms with Gasteiger partial charge in [0, 0.05) is 0 Å². The predicted molar refractivity (Wildman–Crippen MR) is 103 cm³/mol. The summed E-state index contributed by atoms with van der Waals surface area (Å²) < 4.78 is 11.6. The van der Waals surface area contributed by atoms with Crippen LogP contribution >= 0.6 is 24.0 Å². The molecule has 0 aromatic heterocycles. The molecule has 6 nitrogen and oxygen atoms in total. The van der Waals surface area contributed by atoms with Crippen molar-refractivity contribution >= 4 is 46.3 Å². The number of carboxylic acids is 1. The molecule has 2 rings (SSSR count). The minimum Gasteiger partial charge on any atom is -0.548 e. The topological polar surface area (TPSA) is 78.9 Å². The Morgan fingerprint density at radius 3 is 2.69 bits per heavy atom. The normalized spacial score (nSPS) is 15.8. The molecule has 1 aromatic rings. The summed E-state index contributed by atoms with van der Waals surface area (Å²) in [5, 5.41) is 10.8. The van der Waals surface area contributed by atoms with E-state index < -0.39 is 18.4 Å². The molecule has 0 atom stereocenters. The van der Waals surface area contributed by atoms with Gasteiger partial charge in [-0.25, -0.2) is 0 Å². The van der Waals surface area contributed by atoms with Gasteiger partial charge in [0.15, 0.2) is 11.5 Å². The van der Waals surface area contributed by atoms with E-state index >= 15 is 0 Å². The SMILES string of the molecule is CCOc1cc(/C=C2\SC(=S)N(CC(=O)[O-])C2=O)ccc1OCC(C)C. The molecular weight excluding hydrogens is 374 g/mol. The van der Waals surface area contributed by atoms with Crippen LogP contribution in [0.25, 0.3) is 6.08 Å². The highest BCUT2D eigenvalue weighted by Crippen LogP contribution is 2.34. The van der Waals surface area contributed by atoms with Crippen LogP contribution in [0.15, 0.2) is 23.1 Å². The number of hydrogen-bond donors (Lipinski definition) is 0. The minimum atomic E-state index is -1.35. The summed E-state index contributed by atoms with van der Waals surface area (Å²) in [6.07, 6.45) is 1.66. The maximum absolute atomic E-state index is 12.3. The second kappa shape index (κ2) is 9.05. The van der Waals surface area contributed by atoms with E-state index in [2.05, 4.69) is 13.8 Å². The second-order valence-electron chi connectivity index (χ2n) is 5.98. The molecule has 0 radical (unpaired) electrons. The molecule has 8 heteroatoms. The number of thiocarbonyl (C=S) groups is 1. The van der Waals surface area contributed by atoms with E-state index in [9.17, 15) is 14.7 Å². The minimum absolute atomic E-state index is 0.201. The Hall–Kier alpha value is -2.06. The molecule has 1 aliphatic heterocycles. The number of rotatable bonds is 8. The Morgan fingerprint density at radius 1 is 1.35 bits per heavy atom. The van der Waals surface area contributed by atoms with Crippen LogP contribution in [0, 0.1) is 5.92 Å². The lowest BCUT2D eigenvalue weighted by molar-refractivity contribution is -0.305. The van der Waals surface area contributed by atoms with Crippen LogP contribution in [0.3, 0.4) is 0 Å². The molecule has 1 aromatic carbocycles.